The van der Waals surface area contributed by atoms with E-state index in [9.17, 15) is 9.90 Å². The van der Waals surface area contributed by atoms with Gasteiger partial charge in [-0.2, -0.15) is 0 Å². The van der Waals surface area contributed by atoms with E-state index in [2.05, 4.69) is 4.98 Å². The molecule has 0 fully saturated rings. The molecule has 90 valence electrons. The molecule has 0 saturated carbocycles. The second-order valence-electron chi connectivity index (χ2n) is 4.05. The Balaban J connectivity index is 2.35. The molecule has 0 saturated heterocycles. The van der Waals surface area contributed by atoms with Crippen molar-refractivity contribution in [3.8, 4) is 0 Å². The number of pyridine rings is 1. The molecule has 1 aliphatic rings. The molecule has 0 spiro atoms. The third kappa shape index (κ3) is 1.72. The smallest absolute Gasteiger partial charge is 0.197 e. The molecule has 1 N–H and O–H groups in total. The number of aliphatic hydroxyl groups excluding tert-OH is 1. The van der Waals surface area contributed by atoms with E-state index in [4.69, 9.17) is 23.2 Å². The number of ketones is 1. The lowest BCUT2D eigenvalue weighted by Gasteiger charge is -2.16. The highest BCUT2D eigenvalue weighted by Crippen LogP contribution is 2.31. The van der Waals surface area contributed by atoms with E-state index in [0.717, 1.165) is 5.39 Å². The molecular weight excluding hydrogens is 273 g/mol. The van der Waals surface area contributed by atoms with Crippen LogP contribution in [0.1, 0.15) is 16.1 Å². The number of nitrogens with zero attached hydrogens (tertiary/aromatic N) is 1. The summed E-state index contributed by atoms with van der Waals surface area (Å²) in [6, 6.07) is 6.88. The van der Waals surface area contributed by atoms with Crippen molar-refractivity contribution in [2.75, 3.05) is 0 Å². The minimum absolute atomic E-state index is 0.277. The Labute approximate surface area is 113 Å². The summed E-state index contributed by atoms with van der Waals surface area (Å²) in [5.41, 5.74) is 1.39. The second-order valence-corrected chi connectivity index (χ2v) is 4.89. The van der Waals surface area contributed by atoms with Gasteiger partial charge in [0.15, 0.2) is 5.78 Å². The van der Waals surface area contributed by atoms with Crippen molar-refractivity contribution < 1.29 is 9.90 Å². The first-order valence-corrected chi connectivity index (χ1v) is 6.02. The van der Waals surface area contributed by atoms with E-state index in [1.54, 1.807) is 24.3 Å². The Morgan fingerprint density at radius 2 is 2.00 bits per heavy atom. The van der Waals surface area contributed by atoms with Crippen molar-refractivity contribution in [2.45, 2.75) is 6.10 Å². The molecule has 0 aliphatic heterocycles. The van der Waals surface area contributed by atoms with Crippen molar-refractivity contribution >= 4 is 44.9 Å². The predicted molar refractivity (Wildman–Crippen MR) is 70.9 cm³/mol. The molecule has 0 radical (unpaired) electrons. The first-order chi connectivity index (χ1) is 8.56. The molecule has 18 heavy (non-hydrogen) atoms. The molecule has 1 unspecified atom stereocenters. The Morgan fingerprint density at radius 1 is 1.22 bits per heavy atom. The number of hydrogen-bond acceptors (Lipinski definition) is 3. The minimum atomic E-state index is -1.20. The third-order valence-electron chi connectivity index (χ3n) is 2.84. The number of rotatable bonds is 0. The molecule has 3 nitrogen and oxygen atoms in total. The quantitative estimate of drug-likeness (QED) is 0.807. The average Bonchev–Trinajstić information content (AvgIpc) is 2.34. The van der Waals surface area contributed by atoms with Crippen LogP contribution in [0.2, 0.25) is 5.02 Å². The van der Waals surface area contributed by atoms with Gasteiger partial charge in [0.25, 0.3) is 0 Å². The molecule has 1 heterocycles. The minimum Gasteiger partial charge on any atom is -0.381 e. The van der Waals surface area contributed by atoms with E-state index in [1.165, 1.54) is 6.08 Å². The molecule has 2 aromatic rings. The number of aromatic nitrogens is 1. The number of halogens is 2. The standard InChI is InChI=1S/C13H7Cl2NO2/c14-7-2-1-6-3-8-12(16-10(6)4-7)9(15)5-11(17)13(8)18/h1-5,11,17H. The summed E-state index contributed by atoms with van der Waals surface area (Å²) >= 11 is 11.9. The van der Waals surface area contributed by atoms with Crippen LogP contribution in [0.4, 0.5) is 0 Å². The fourth-order valence-corrected chi connectivity index (χ4v) is 2.39. The van der Waals surface area contributed by atoms with Gasteiger partial charge >= 0.3 is 0 Å². The largest absolute Gasteiger partial charge is 0.381 e. The maximum Gasteiger partial charge on any atom is 0.197 e. The first-order valence-electron chi connectivity index (χ1n) is 5.26. The zero-order valence-electron chi connectivity index (χ0n) is 9.02. The topological polar surface area (TPSA) is 50.2 Å². The van der Waals surface area contributed by atoms with Crippen LogP contribution in [0.15, 0.2) is 30.3 Å². The van der Waals surface area contributed by atoms with Crippen LogP contribution in [0, 0.1) is 0 Å². The highest BCUT2D eigenvalue weighted by Gasteiger charge is 2.27. The number of benzene rings is 1. The summed E-state index contributed by atoms with van der Waals surface area (Å²) in [6.07, 6.45) is 0.0897. The lowest BCUT2D eigenvalue weighted by atomic mass is 9.96. The number of hydrogen-bond donors (Lipinski definition) is 1. The van der Waals surface area contributed by atoms with Crippen molar-refractivity contribution in [2.24, 2.45) is 0 Å². The maximum absolute atomic E-state index is 11.9. The van der Waals surface area contributed by atoms with Gasteiger partial charge in [0.1, 0.15) is 6.10 Å². The van der Waals surface area contributed by atoms with E-state index in [1.807, 2.05) is 0 Å². The van der Waals surface area contributed by atoms with Gasteiger partial charge in [0.05, 0.1) is 16.2 Å². The molecular formula is C13H7Cl2NO2. The van der Waals surface area contributed by atoms with E-state index >= 15 is 0 Å². The molecule has 1 atom stereocenters. The zero-order valence-corrected chi connectivity index (χ0v) is 10.5. The number of Topliss-reactive ketones (excluding diaryl/α,β-unsaturated/α-hetero) is 1. The SMILES string of the molecule is O=C1c2cc3ccc(Cl)cc3nc2C(Cl)=CC1O. The van der Waals surface area contributed by atoms with Crippen molar-refractivity contribution in [3.63, 3.8) is 0 Å². The Kier molecular flexibility index (Phi) is 2.63. The summed E-state index contributed by atoms with van der Waals surface area (Å²) in [6.45, 7) is 0. The van der Waals surface area contributed by atoms with Gasteiger partial charge < -0.3 is 5.11 Å². The maximum atomic E-state index is 11.9. The van der Waals surface area contributed by atoms with Crippen LogP contribution >= 0.6 is 23.2 Å². The molecule has 1 aromatic carbocycles. The normalized spacial score (nSPS) is 18.7. The monoisotopic (exact) mass is 279 g/mol. The van der Waals surface area contributed by atoms with E-state index in [-0.39, 0.29) is 5.03 Å². The van der Waals surface area contributed by atoms with Gasteiger partial charge in [0.2, 0.25) is 0 Å². The number of carbonyl (C=O) groups is 1. The lowest BCUT2D eigenvalue weighted by molar-refractivity contribution is 0.0817. The van der Waals surface area contributed by atoms with Crippen LogP contribution < -0.4 is 0 Å². The summed E-state index contributed by atoms with van der Waals surface area (Å²) in [5, 5.41) is 11.2. The second kappa shape index (κ2) is 4.05. The first kappa shape index (κ1) is 11.7. The van der Waals surface area contributed by atoms with Crippen LogP contribution in [-0.2, 0) is 0 Å². The van der Waals surface area contributed by atoms with Gasteiger partial charge in [-0.25, -0.2) is 4.98 Å². The van der Waals surface area contributed by atoms with Gasteiger partial charge in [-0.15, -0.1) is 0 Å². The molecule has 3 rings (SSSR count). The van der Waals surface area contributed by atoms with Crippen LogP contribution in [-0.4, -0.2) is 22.0 Å². The molecule has 0 amide bonds. The van der Waals surface area contributed by atoms with Gasteiger partial charge in [-0.1, -0.05) is 29.3 Å². The number of fused-ring (bicyclic) bond motifs is 2. The zero-order chi connectivity index (χ0) is 12.9. The highest BCUT2D eigenvalue weighted by atomic mass is 35.5. The molecule has 1 aliphatic carbocycles. The van der Waals surface area contributed by atoms with Crippen molar-refractivity contribution in [1.29, 1.82) is 0 Å². The number of carbonyl (C=O) groups excluding carboxylic acids is 1. The number of aliphatic hydroxyl groups is 1. The Bertz CT molecular complexity index is 709. The van der Waals surface area contributed by atoms with E-state index in [0.29, 0.717) is 21.8 Å². The van der Waals surface area contributed by atoms with Crippen LogP contribution in [0.5, 0.6) is 0 Å². The molecule has 5 heteroatoms. The summed E-state index contributed by atoms with van der Waals surface area (Å²) < 4.78 is 0. The summed E-state index contributed by atoms with van der Waals surface area (Å²) in [4.78, 5) is 16.2. The average molecular weight is 280 g/mol. The molecule has 0 bridgehead atoms. The Morgan fingerprint density at radius 3 is 2.78 bits per heavy atom. The van der Waals surface area contributed by atoms with Crippen LogP contribution in [0.3, 0.4) is 0 Å². The summed E-state index contributed by atoms with van der Waals surface area (Å²) in [7, 11) is 0. The van der Waals surface area contributed by atoms with Crippen molar-refractivity contribution in [3.05, 3.63) is 46.6 Å². The highest BCUT2D eigenvalue weighted by molar-refractivity contribution is 6.50. The fourth-order valence-electron chi connectivity index (χ4n) is 1.96. The summed E-state index contributed by atoms with van der Waals surface area (Å²) in [5.74, 6) is -0.390. The van der Waals surface area contributed by atoms with Crippen LogP contribution in [0.25, 0.3) is 15.9 Å². The Hall–Kier alpha value is -1.42. The third-order valence-corrected chi connectivity index (χ3v) is 3.38. The molecule has 1 aromatic heterocycles. The van der Waals surface area contributed by atoms with Gasteiger partial charge in [-0.05, 0) is 24.3 Å². The van der Waals surface area contributed by atoms with E-state index < -0.39 is 11.9 Å². The van der Waals surface area contributed by atoms with Gasteiger partial charge in [-0.3, -0.25) is 4.79 Å². The lowest BCUT2D eigenvalue weighted by Crippen LogP contribution is -2.23. The fraction of sp³-hybridized carbons (Fsp3) is 0.0769. The van der Waals surface area contributed by atoms with Gasteiger partial charge in [0, 0.05) is 16.0 Å². The van der Waals surface area contributed by atoms with Crippen molar-refractivity contribution in [1.82, 2.24) is 4.98 Å². The predicted octanol–water partition coefficient (Wildman–Crippen LogP) is 3.03.